The van der Waals surface area contributed by atoms with Crippen molar-refractivity contribution >= 4 is 39.1 Å². The third-order valence-electron chi connectivity index (χ3n) is 4.91. The van der Waals surface area contributed by atoms with Crippen LogP contribution in [0.25, 0.3) is 0 Å². The quantitative estimate of drug-likeness (QED) is 0.502. The van der Waals surface area contributed by atoms with Crippen LogP contribution in [-0.4, -0.2) is 38.6 Å². The van der Waals surface area contributed by atoms with Crippen LogP contribution in [0.15, 0.2) is 83.8 Å². The molecule has 2 amide bonds. The zero-order valence-corrected chi connectivity index (χ0v) is 19.7. The van der Waals surface area contributed by atoms with E-state index in [0.717, 1.165) is 9.87 Å². The number of amides is 2. The highest BCUT2D eigenvalue weighted by Gasteiger charge is 2.21. The maximum Gasteiger partial charge on any atom is 0.253 e. The molecule has 0 fully saturated rings. The van der Waals surface area contributed by atoms with E-state index in [1.807, 2.05) is 30.3 Å². The van der Waals surface area contributed by atoms with Crippen LogP contribution in [0.5, 0.6) is 0 Å². The molecule has 0 unspecified atom stereocenters. The lowest BCUT2D eigenvalue weighted by Gasteiger charge is -2.20. The van der Waals surface area contributed by atoms with E-state index in [1.54, 1.807) is 36.4 Å². The first-order valence-electron chi connectivity index (χ1n) is 10.1. The highest BCUT2D eigenvalue weighted by Crippen LogP contribution is 2.22. The maximum absolute atomic E-state index is 12.8. The van der Waals surface area contributed by atoms with Gasteiger partial charge in [-0.3, -0.25) is 9.59 Å². The fourth-order valence-corrected chi connectivity index (χ4v) is 4.33. The van der Waals surface area contributed by atoms with Gasteiger partial charge in [0.2, 0.25) is 15.9 Å². The van der Waals surface area contributed by atoms with Gasteiger partial charge in [-0.15, -0.1) is 0 Å². The number of anilines is 1. The van der Waals surface area contributed by atoms with E-state index in [-0.39, 0.29) is 17.2 Å². The number of halogens is 1. The SMILES string of the molecule is CN(C)S(=O)(=O)c1cccc(NC(=O)C[C@H](NC(=O)c2ccccc2Cl)c2ccccc2)c1. The summed E-state index contributed by atoms with van der Waals surface area (Å²) in [4.78, 5) is 25.7. The second-order valence-electron chi connectivity index (χ2n) is 7.48. The van der Waals surface area contributed by atoms with Gasteiger partial charge in [0.25, 0.3) is 5.91 Å². The second kappa shape index (κ2) is 10.6. The summed E-state index contributed by atoms with van der Waals surface area (Å²) in [6.45, 7) is 0. The lowest BCUT2D eigenvalue weighted by molar-refractivity contribution is -0.116. The van der Waals surface area contributed by atoms with Gasteiger partial charge in [-0.05, 0) is 35.9 Å². The number of benzene rings is 3. The van der Waals surface area contributed by atoms with E-state index >= 15 is 0 Å². The van der Waals surface area contributed by atoms with Gasteiger partial charge in [-0.2, -0.15) is 0 Å². The fourth-order valence-electron chi connectivity index (χ4n) is 3.16. The number of rotatable bonds is 8. The summed E-state index contributed by atoms with van der Waals surface area (Å²) in [5, 5.41) is 5.90. The van der Waals surface area contributed by atoms with Gasteiger partial charge in [0.05, 0.1) is 27.9 Å². The number of hydrogen-bond donors (Lipinski definition) is 2. The molecule has 0 aliphatic carbocycles. The zero-order valence-electron chi connectivity index (χ0n) is 18.2. The first-order chi connectivity index (χ1) is 15.7. The minimum absolute atomic E-state index is 0.0646. The van der Waals surface area contributed by atoms with Crippen LogP contribution in [0.4, 0.5) is 5.69 Å². The lowest BCUT2D eigenvalue weighted by atomic mass is 10.0. The summed E-state index contributed by atoms with van der Waals surface area (Å²) in [6.07, 6.45) is -0.0646. The highest BCUT2D eigenvalue weighted by atomic mass is 35.5. The van der Waals surface area contributed by atoms with E-state index in [9.17, 15) is 18.0 Å². The first kappa shape index (κ1) is 24.4. The molecule has 0 saturated carbocycles. The Labute approximate surface area is 198 Å². The molecule has 0 aliphatic heterocycles. The van der Waals surface area contributed by atoms with Crippen molar-refractivity contribution in [2.45, 2.75) is 17.4 Å². The summed E-state index contributed by atoms with van der Waals surface area (Å²) in [7, 11) is -0.765. The third-order valence-corrected chi connectivity index (χ3v) is 7.05. The average Bonchev–Trinajstić information content (AvgIpc) is 2.79. The number of hydrogen-bond acceptors (Lipinski definition) is 4. The summed E-state index contributed by atoms with van der Waals surface area (Å²) < 4.78 is 25.8. The molecule has 0 bridgehead atoms. The molecule has 0 aliphatic rings. The van der Waals surface area contributed by atoms with Gasteiger partial charge in [0, 0.05) is 19.8 Å². The standard InChI is InChI=1S/C24H24ClN3O4S/c1-28(2)33(31,32)19-12-8-11-18(15-19)26-23(29)16-22(17-9-4-3-5-10-17)27-24(30)20-13-6-7-14-21(20)25/h3-15,22H,16H2,1-2H3,(H,26,29)(H,27,30)/t22-/m0/s1. The Bertz CT molecular complexity index is 1250. The second-order valence-corrected chi connectivity index (χ2v) is 10.0. The van der Waals surface area contributed by atoms with Crippen molar-refractivity contribution in [2.75, 3.05) is 19.4 Å². The third kappa shape index (κ3) is 6.19. The number of nitrogens with one attached hydrogen (secondary N) is 2. The minimum atomic E-state index is -3.64. The molecule has 9 heteroatoms. The molecule has 0 spiro atoms. The predicted octanol–water partition coefficient (Wildman–Crippen LogP) is 4.09. The number of carbonyl (C=O) groups excluding carboxylic acids is 2. The largest absolute Gasteiger partial charge is 0.345 e. The molecule has 3 rings (SSSR count). The molecule has 0 radical (unpaired) electrons. The molecular formula is C24H24ClN3O4S. The molecule has 1 atom stereocenters. The van der Waals surface area contributed by atoms with Crippen molar-refractivity contribution in [2.24, 2.45) is 0 Å². The van der Waals surface area contributed by atoms with E-state index in [4.69, 9.17) is 11.6 Å². The van der Waals surface area contributed by atoms with Gasteiger partial charge in [0.15, 0.2) is 0 Å². The van der Waals surface area contributed by atoms with E-state index in [0.29, 0.717) is 16.3 Å². The van der Waals surface area contributed by atoms with Crippen LogP contribution >= 0.6 is 11.6 Å². The molecular weight excluding hydrogens is 462 g/mol. The van der Waals surface area contributed by atoms with Crippen LogP contribution in [0.2, 0.25) is 5.02 Å². The van der Waals surface area contributed by atoms with E-state index in [2.05, 4.69) is 10.6 Å². The van der Waals surface area contributed by atoms with Gasteiger partial charge < -0.3 is 10.6 Å². The Balaban J connectivity index is 1.79. The van der Waals surface area contributed by atoms with E-state index in [1.165, 1.54) is 26.2 Å². The number of sulfonamides is 1. The minimum Gasteiger partial charge on any atom is -0.345 e. The normalized spacial score (nSPS) is 12.2. The van der Waals surface area contributed by atoms with Crippen molar-refractivity contribution in [1.82, 2.24) is 9.62 Å². The Kier molecular flexibility index (Phi) is 7.86. The van der Waals surface area contributed by atoms with Crippen molar-refractivity contribution < 1.29 is 18.0 Å². The summed E-state index contributed by atoms with van der Waals surface area (Å²) in [5.41, 5.74) is 1.39. The van der Waals surface area contributed by atoms with Crippen LogP contribution in [0.3, 0.4) is 0 Å². The van der Waals surface area contributed by atoms with Crippen LogP contribution in [0.1, 0.15) is 28.4 Å². The number of carbonyl (C=O) groups is 2. The first-order valence-corrected chi connectivity index (χ1v) is 11.9. The average molecular weight is 486 g/mol. The smallest absolute Gasteiger partial charge is 0.253 e. The maximum atomic E-state index is 12.8. The molecule has 172 valence electrons. The van der Waals surface area contributed by atoms with E-state index < -0.39 is 22.0 Å². The number of nitrogens with zero attached hydrogens (tertiary/aromatic N) is 1. The Morgan fingerprint density at radius 1 is 0.939 bits per heavy atom. The summed E-state index contributed by atoms with van der Waals surface area (Å²) >= 11 is 6.14. The van der Waals surface area contributed by atoms with Crippen molar-refractivity contribution in [1.29, 1.82) is 0 Å². The van der Waals surface area contributed by atoms with Crippen molar-refractivity contribution in [3.05, 3.63) is 95.0 Å². The monoisotopic (exact) mass is 485 g/mol. The molecule has 0 aromatic heterocycles. The van der Waals surface area contributed by atoms with Gasteiger partial charge in [-0.25, -0.2) is 12.7 Å². The lowest BCUT2D eigenvalue weighted by Crippen LogP contribution is -2.31. The van der Waals surface area contributed by atoms with Crippen LogP contribution < -0.4 is 10.6 Å². The van der Waals surface area contributed by atoms with Crippen LogP contribution in [0, 0.1) is 0 Å². The predicted molar refractivity (Wildman–Crippen MR) is 129 cm³/mol. The Hall–Kier alpha value is -3.20. The van der Waals surface area contributed by atoms with Crippen LogP contribution in [-0.2, 0) is 14.8 Å². The summed E-state index contributed by atoms with van der Waals surface area (Å²) in [5.74, 6) is -0.788. The zero-order chi connectivity index (χ0) is 24.0. The molecule has 0 saturated heterocycles. The Morgan fingerprint density at radius 3 is 2.27 bits per heavy atom. The molecule has 7 nitrogen and oxygen atoms in total. The van der Waals surface area contributed by atoms with Gasteiger partial charge >= 0.3 is 0 Å². The molecule has 3 aromatic rings. The molecule has 2 N–H and O–H groups in total. The highest BCUT2D eigenvalue weighted by molar-refractivity contribution is 7.89. The van der Waals surface area contributed by atoms with Crippen molar-refractivity contribution in [3.8, 4) is 0 Å². The van der Waals surface area contributed by atoms with Crippen molar-refractivity contribution in [3.63, 3.8) is 0 Å². The summed E-state index contributed by atoms with van der Waals surface area (Å²) in [6, 6.07) is 21.2. The Morgan fingerprint density at radius 2 is 1.61 bits per heavy atom. The van der Waals surface area contributed by atoms with Gasteiger partial charge in [-0.1, -0.05) is 60.1 Å². The molecule has 0 heterocycles. The molecule has 3 aromatic carbocycles. The van der Waals surface area contributed by atoms with Gasteiger partial charge in [0.1, 0.15) is 0 Å². The fraction of sp³-hybridized carbons (Fsp3) is 0.167. The topological polar surface area (TPSA) is 95.6 Å². The molecule has 33 heavy (non-hydrogen) atoms.